The predicted octanol–water partition coefficient (Wildman–Crippen LogP) is 2.34. The van der Waals surface area contributed by atoms with Gasteiger partial charge in [0.15, 0.2) is 0 Å². The molecule has 0 atom stereocenters. The van der Waals surface area contributed by atoms with E-state index in [0.717, 1.165) is 5.65 Å². The molecular weight excluding hydrogens is 236 g/mol. The molecule has 3 nitrogen and oxygen atoms in total. The number of fused-ring (bicyclic) bond motifs is 1. The van der Waals surface area contributed by atoms with Crippen LogP contribution in [0.25, 0.3) is 5.65 Å². The van der Waals surface area contributed by atoms with Gasteiger partial charge in [-0.15, -0.1) is 0 Å². The predicted molar refractivity (Wildman–Crippen MR) is 57.9 cm³/mol. The first-order chi connectivity index (χ1) is 7.65. The number of hydrogen-bond donors (Lipinski definition) is 1. The van der Waals surface area contributed by atoms with Gasteiger partial charge < -0.3 is 9.72 Å². The zero-order chi connectivity index (χ0) is 11.5. The van der Waals surface area contributed by atoms with Gasteiger partial charge in [0.05, 0.1) is 17.3 Å². The van der Waals surface area contributed by atoms with Crippen LogP contribution in [-0.4, -0.2) is 22.4 Å². The highest BCUT2D eigenvalue weighted by atomic mass is 35.5. The van der Waals surface area contributed by atoms with Crippen molar-refractivity contribution < 1.29 is 8.78 Å². The number of imidazole rings is 1. The summed E-state index contributed by atoms with van der Waals surface area (Å²) >= 11 is 5.81. The Hall–Kier alpha value is -1.20. The first-order valence-corrected chi connectivity index (χ1v) is 5.15. The lowest BCUT2D eigenvalue weighted by Gasteiger charge is -1.99. The van der Waals surface area contributed by atoms with E-state index < -0.39 is 6.43 Å². The summed E-state index contributed by atoms with van der Waals surface area (Å²) in [5.41, 5.74) is 1.46. The molecular formula is C10H10ClF2N3. The fourth-order valence-corrected chi connectivity index (χ4v) is 1.58. The third-order valence-electron chi connectivity index (χ3n) is 2.07. The topological polar surface area (TPSA) is 29.3 Å². The quantitative estimate of drug-likeness (QED) is 0.896. The molecule has 86 valence electrons. The minimum atomic E-state index is -2.34. The van der Waals surface area contributed by atoms with Crippen molar-refractivity contribution in [3.8, 4) is 0 Å². The highest BCUT2D eigenvalue weighted by Crippen LogP contribution is 2.11. The molecule has 0 amide bonds. The summed E-state index contributed by atoms with van der Waals surface area (Å²) in [6.07, 6.45) is 1.15. The SMILES string of the molecule is FC(F)CNCc1cn2cc(Cl)ccc2n1. The fourth-order valence-electron chi connectivity index (χ4n) is 1.41. The molecule has 0 spiro atoms. The Morgan fingerprint density at radius 3 is 2.94 bits per heavy atom. The first kappa shape index (κ1) is 11.3. The molecule has 2 rings (SSSR count). The molecule has 0 bridgehead atoms. The van der Waals surface area contributed by atoms with E-state index in [-0.39, 0.29) is 6.54 Å². The highest BCUT2D eigenvalue weighted by molar-refractivity contribution is 6.30. The van der Waals surface area contributed by atoms with Gasteiger partial charge in [-0.2, -0.15) is 0 Å². The number of rotatable bonds is 4. The Kier molecular flexibility index (Phi) is 3.36. The molecule has 0 radical (unpaired) electrons. The molecule has 2 aromatic heterocycles. The van der Waals surface area contributed by atoms with Crippen molar-refractivity contribution in [2.45, 2.75) is 13.0 Å². The number of hydrogen-bond acceptors (Lipinski definition) is 2. The Bertz CT molecular complexity index is 484. The molecule has 0 aliphatic heterocycles. The summed E-state index contributed by atoms with van der Waals surface area (Å²) in [5, 5.41) is 3.23. The van der Waals surface area contributed by atoms with Crippen LogP contribution in [-0.2, 0) is 6.54 Å². The van der Waals surface area contributed by atoms with Gasteiger partial charge in [0, 0.05) is 18.9 Å². The number of aromatic nitrogens is 2. The van der Waals surface area contributed by atoms with Crippen molar-refractivity contribution in [1.29, 1.82) is 0 Å². The number of halogens is 3. The highest BCUT2D eigenvalue weighted by Gasteiger charge is 2.04. The molecule has 2 heterocycles. The summed E-state index contributed by atoms with van der Waals surface area (Å²) in [5.74, 6) is 0. The van der Waals surface area contributed by atoms with Gasteiger partial charge in [0.1, 0.15) is 5.65 Å². The van der Waals surface area contributed by atoms with Gasteiger partial charge in [0.25, 0.3) is 6.43 Å². The zero-order valence-electron chi connectivity index (χ0n) is 8.33. The molecule has 16 heavy (non-hydrogen) atoms. The zero-order valence-corrected chi connectivity index (χ0v) is 9.09. The van der Waals surface area contributed by atoms with Gasteiger partial charge in [-0.1, -0.05) is 11.6 Å². The second-order valence-electron chi connectivity index (χ2n) is 3.37. The van der Waals surface area contributed by atoms with E-state index in [2.05, 4.69) is 10.3 Å². The summed E-state index contributed by atoms with van der Waals surface area (Å²) in [4.78, 5) is 4.25. The molecule has 0 unspecified atom stereocenters. The molecule has 6 heteroatoms. The largest absolute Gasteiger partial charge is 0.306 e. The molecule has 2 aromatic rings. The minimum absolute atomic E-state index is 0.323. The maximum atomic E-state index is 11.9. The van der Waals surface area contributed by atoms with E-state index in [1.807, 2.05) is 0 Å². The smallest absolute Gasteiger partial charge is 0.250 e. The van der Waals surface area contributed by atoms with E-state index in [1.165, 1.54) is 0 Å². The summed E-state index contributed by atoms with van der Waals surface area (Å²) in [7, 11) is 0. The van der Waals surface area contributed by atoms with E-state index in [9.17, 15) is 8.78 Å². The molecule has 0 aromatic carbocycles. The normalized spacial score (nSPS) is 11.5. The van der Waals surface area contributed by atoms with Gasteiger partial charge >= 0.3 is 0 Å². The molecule has 0 aliphatic rings. The lowest BCUT2D eigenvalue weighted by Crippen LogP contribution is -2.20. The van der Waals surface area contributed by atoms with E-state index in [1.54, 1.807) is 28.9 Å². The molecule has 1 N–H and O–H groups in total. The summed E-state index contributed by atoms with van der Waals surface area (Å²) in [6, 6.07) is 3.51. The second-order valence-corrected chi connectivity index (χ2v) is 3.80. The van der Waals surface area contributed by atoms with Crippen LogP contribution in [0, 0.1) is 0 Å². The van der Waals surface area contributed by atoms with Crippen molar-refractivity contribution in [2.24, 2.45) is 0 Å². The van der Waals surface area contributed by atoms with Crippen LogP contribution in [0.5, 0.6) is 0 Å². The van der Waals surface area contributed by atoms with Gasteiger partial charge in [0.2, 0.25) is 0 Å². The Morgan fingerprint density at radius 1 is 1.38 bits per heavy atom. The van der Waals surface area contributed by atoms with E-state index in [4.69, 9.17) is 11.6 Å². The average Bonchev–Trinajstić information content (AvgIpc) is 2.58. The lowest BCUT2D eigenvalue weighted by atomic mass is 10.4. The second kappa shape index (κ2) is 4.76. The van der Waals surface area contributed by atoms with Crippen LogP contribution in [0.3, 0.4) is 0 Å². The fraction of sp³-hybridized carbons (Fsp3) is 0.300. The van der Waals surface area contributed by atoms with Crippen LogP contribution in [0.4, 0.5) is 8.78 Å². The standard InChI is InChI=1S/C10H10ClF2N3/c11-7-1-2-10-15-8(6-16(10)5-7)3-14-4-9(12)13/h1-2,5-6,9,14H,3-4H2. The van der Waals surface area contributed by atoms with Gasteiger partial charge in [-0.3, -0.25) is 0 Å². The third-order valence-corrected chi connectivity index (χ3v) is 2.29. The van der Waals surface area contributed by atoms with E-state index >= 15 is 0 Å². The number of pyridine rings is 1. The van der Waals surface area contributed by atoms with Crippen molar-refractivity contribution in [3.05, 3.63) is 35.2 Å². The maximum absolute atomic E-state index is 11.9. The average molecular weight is 246 g/mol. The van der Waals surface area contributed by atoms with Crippen LogP contribution in [0.1, 0.15) is 5.69 Å². The van der Waals surface area contributed by atoms with Gasteiger partial charge in [-0.05, 0) is 12.1 Å². The third kappa shape index (κ3) is 2.68. The molecule has 0 aliphatic carbocycles. The maximum Gasteiger partial charge on any atom is 0.250 e. The van der Waals surface area contributed by atoms with Gasteiger partial charge in [-0.25, -0.2) is 13.8 Å². The van der Waals surface area contributed by atoms with Crippen molar-refractivity contribution in [1.82, 2.24) is 14.7 Å². The Balaban J connectivity index is 2.08. The van der Waals surface area contributed by atoms with Crippen LogP contribution < -0.4 is 5.32 Å². The molecule has 0 saturated carbocycles. The van der Waals surface area contributed by atoms with Crippen molar-refractivity contribution in [2.75, 3.05) is 6.54 Å². The van der Waals surface area contributed by atoms with Crippen LogP contribution in [0.2, 0.25) is 5.02 Å². The van der Waals surface area contributed by atoms with E-state index in [0.29, 0.717) is 17.3 Å². The number of nitrogens with one attached hydrogen (secondary N) is 1. The number of alkyl halides is 2. The summed E-state index contributed by atoms with van der Waals surface area (Å²) in [6.45, 7) is -0.00172. The Labute approximate surface area is 96.0 Å². The van der Waals surface area contributed by atoms with Crippen molar-refractivity contribution in [3.63, 3.8) is 0 Å². The minimum Gasteiger partial charge on any atom is -0.306 e. The molecule has 0 fully saturated rings. The lowest BCUT2D eigenvalue weighted by molar-refractivity contribution is 0.145. The first-order valence-electron chi connectivity index (χ1n) is 4.77. The Morgan fingerprint density at radius 2 is 2.19 bits per heavy atom. The monoisotopic (exact) mass is 245 g/mol. The van der Waals surface area contributed by atoms with Crippen molar-refractivity contribution >= 4 is 17.2 Å². The summed E-state index contributed by atoms with van der Waals surface area (Å²) < 4.78 is 25.5. The van der Waals surface area contributed by atoms with Crippen LogP contribution in [0.15, 0.2) is 24.5 Å². The molecule has 0 saturated heterocycles. The van der Waals surface area contributed by atoms with Crippen LogP contribution >= 0.6 is 11.6 Å². The number of nitrogens with zero attached hydrogens (tertiary/aromatic N) is 2.